The number of aromatic nitrogens is 7. The van der Waals surface area contributed by atoms with Crippen molar-refractivity contribution in [3.8, 4) is 49.1 Å². The van der Waals surface area contributed by atoms with Crippen molar-refractivity contribution in [3.63, 3.8) is 0 Å². The van der Waals surface area contributed by atoms with Crippen LogP contribution in [0.5, 0.6) is 5.75 Å². The monoisotopic (exact) mass is 1260 g/mol. The Kier molecular flexibility index (Phi) is 16.8. The highest BCUT2D eigenvalue weighted by atomic mass is 32.1. The maximum Gasteiger partial charge on any atom is 0.341 e. The fourth-order valence-corrected chi connectivity index (χ4v) is 14.9. The number of nitrogens with zero attached hydrogens (tertiary/aromatic N) is 8. The highest BCUT2D eigenvalue weighted by Gasteiger charge is 2.45. The van der Waals surface area contributed by atoms with E-state index < -0.39 is 96.7 Å². The van der Waals surface area contributed by atoms with Gasteiger partial charge in [0.25, 0.3) is 23.6 Å². The number of aryl methyl sites for hydroxylation is 1. The van der Waals surface area contributed by atoms with E-state index in [1.807, 2.05) is 0 Å². The average Bonchev–Trinajstić information content (AvgIpc) is 3.84. The summed E-state index contributed by atoms with van der Waals surface area (Å²) in [6.07, 6.45) is -2.93. The first-order chi connectivity index (χ1) is 40.8. The lowest BCUT2D eigenvalue weighted by atomic mass is 10.00. The van der Waals surface area contributed by atoms with Gasteiger partial charge in [-0.15, -0.1) is 68.0 Å². The minimum Gasteiger partial charge on any atom is -0.482 e. The summed E-state index contributed by atoms with van der Waals surface area (Å²) < 4.78 is 5.34. The van der Waals surface area contributed by atoms with Crippen molar-refractivity contribution < 1.29 is 53.6 Å². The molecule has 6 amide bonds. The molecule has 2 aromatic carbocycles. The third-order valence-corrected chi connectivity index (χ3v) is 19.3. The lowest BCUT2D eigenvalue weighted by Crippen LogP contribution is -2.50. The maximum absolute atomic E-state index is 15.2. The molecular weight excluding hydrogens is 1210 g/mol. The number of benzene rings is 2. The molecular formula is C55H47N13O11S6. The van der Waals surface area contributed by atoms with Gasteiger partial charge in [0, 0.05) is 56.2 Å². The number of aliphatic carboxylic acids is 1. The van der Waals surface area contributed by atoms with Crippen molar-refractivity contribution >= 4 is 109 Å². The Bertz CT molecular complexity index is 4050. The minimum atomic E-state index is -1.43. The van der Waals surface area contributed by atoms with Crippen molar-refractivity contribution in [2.45, 2.75) is 63.1 Å². The Hall–Kier alpha value is -8.62. The van der Waals surface area contributed by atoms with Crippen molar-refractivity contribution in [2.75, 3.05) is 13.2 Å². The number of rotatable bonds is 11. The number of aliphatic hydroxyl groups excluding tert-OH is 2. The molecule has 11 rings (SSSR count). The summed E-state index contributed by atoms with van der Waals surface area (Å²) in [5, 5.41) is 51.2. The number of carboxylic acids is 1. The summed E-state index contributed by atoms with van der Waals surface area (Å²) in [5.74, 6) is -5.76. The summed E-state index contributed by atoms with van der Waals surface area (Å²) in [6.45, 7) is 2.71. The fourth-order valence-electron chi connectivity index (χ4n) is 9.54. The van der Waals surface area contributed by atoms with Gasteiger partial charge in [-0.25, -0.2) is 39.7 Å². The van der Waals surface area contributed by atoms with Crippen LogP contribution in [0.25, 0.3) is 43.4 Å². The predicted octanol–water partition coefficient (Wildman–Crippen LogP) is 6.15. The van der Waals surface area contributed by atoms with Gasteiger partial charge in [-0.3, -0.25) is 28.8 Å². The molecule has 2 aliphatic heterocycles. The summed E-state index contributed by atoms with van der Waals surface area (Å²) in [7, 11) is 0. The number of nitrogens with two attached hydrogens (primary N) is 2. The largest absolute Gasteiger partial charge is 0.482 e. The van der Waals surface area contributed by atoms with Crippen LogP contribution in [-0.2, 0) is 20.8 Å². The third-order valence-electron chi connectivity index (χ3n) is 13.8. The lowest BCUT2D eigenvalue weighted by Gasteiger charge is -2.29. The molecule has 7 aromatic heterocycles. The van der Waals surface area contributed by atoms with E-state index in [-0.39, 0.29) is 51.5 Å². The van der Waals surface area contributed by atoms with Gasteiger partial charge in [0.2, 0.25) is 11.8 Å². The predicted molar refractivity (Wildman–Crippen MR) is 316 cm³/mol. The average molecular weight is 1260 g/mol. The minimum absolute atomic E-state index is 0.0299. The lowest BCUT2D eigenvalue weighted by molar-refractivity contribution is -0.139. The quantitative estimate of drug-likeness (QED) is 0.0720. The molecule has 0 radical (unpaired) electrons. The second-order valence-corrected chi connectivity index (χ2v) is 25.2. The molecule has 85 heavy (non-hydrogen) atoms. The summed E-state index contributed by atoms with van der Waals surface area (Å²) in [5.41, 5.74) is 14.0. The number of carboxylic acid groups (broad SMARTS) is 1. The van der Waals surface area contributed by atoms with Crippen LogP contribution in [0.1, 0.15) is 111 Å². The second-order valence-electron chi connectivity index (χ2n) is 19.6. The van der Waals surface area contributed by atoms with Gasteiger partial charge in [0.05, 0.1) is 30.3 Å². The van der Waals surface area contributed by atoms with Gasteiger partial charge in [0.1, 0.15) is 93.8 Å². The number of fused-ring (bicyclic) bond motifs is 16. The molecule has 2 aliphatic rings. The highest BCUT2D eigenvalue weighted by molar-refractivity contribution is 7.15. The molecule has 10 bridgehead atoms. The summed E-state index contributed by atoms with van der Waals surface area (Å²) in [6, 6.07) is 13.7. The molecule has 0 unspecified atom stereocenters. The smallest absolute Gasteiger partial charge is 0.341 e. The number of hydrogen-bond acceptors (Lipinski definition) is 23. The number of pyridine rings is 1. The Balaban J connectivity index is 1.01. The number of aliphatic hydroxyl groups is 2. The van der Waals surface area contributed by atoms with Crippen LogP contribution in [0, 0.1) is 12.8 Å². The van der Waals surface area contributed by atoms with Crippen molar-refractivity contribution in [3.05, 3.63) is 147 Å². The zero-order valence-electron chi connectivity index (χ0n) is 44.4. The van der Waals surface area contributed by atoms with E-state index in [0.29, 0.717) is 64.4 Å². The van der Waals surface area contributed by atoms with Crippen LogP contribution in [-0.4, -0.2) is 122 Å². The first-order valence-electron chi connectivity index (χ1n) is 25.8. The Morgan fingerprint density at radius 1 is 0.682 bits per heavy atom. The number of hydrogen-bond donors (Lipinski definition) is 8. The highest BCUT2D eigenvalue weighted by Crippen LogP contribution is 2.43. The van der Waals surface area contributed by atoms with Gasteiger partial charge >= 0.3 is 5.97 Å². The van der Waals surface area contributed by atoms with Crippen LogP contribution < -0.4 is 32.2 Å². The van der Waals surface area contributed by atoms with Gasteiger partial charge in [-0.2, -0.15) is 0 Å². The number of carbonyl (C=O) groups excluding carboxylic acids is 6. The van der Waals surface area contributed by atoms with Crippen LogP contribution >= 0.6 is 68.0 Å². The maximum atomic E-state index is 15.2. The van der Waals surface area contributed by atoms with Gasteiger partial charge in [-0.05, 0) is 42.3 Å². The van der Waals surface area contributed by atoms with Gasteiger partial charge in [0.15, 0.2) is 6.61 Å². The molecule has 1 saturated heterocycles. The van der Waals surface area contributed by atoms with E-state index in [4.69, 9.17) is 36.1 Å². The molecule has 9 aromatic rings. The molecule has 1 fully saturated rings. The molecule has 0 saturated carbocycles. The number of ether oxygens (including phenoxy) is 1. The zero-order valence-corrected chi connectivity index (χ0v) is 49.3. The van der Waals surface area contributed by atoms with E-state index in [0.717, 1.165) is 45.3 Å². The number of primary amides is 2. The van der Waals surface area contributed by atoms with Crippen molar-refractivity contribution in [2.24, 2.45) is 17.4 Å². The SMILES string of the molecule is Cc1sc2nc1C(=O)N[C@@H]([C@H](O)c1ccccc1)c1nc(cs1)C(=O)N[C@@H](Cc1ccc(OCC(=O)O)cc1)C(=O)N1C[C@H](O)[C@H](C)[C@H]1c1nc(cs1)-c1nc(cs1)-c1nc(-c3nc(C(N)=O)cs3)ccc1-c1nc(cs1)C(=O)N[C@H]2CC(N)=O. The Morgan fingerprint density at radius 2 is 1.33 bits per heavy atom. The van der Waals surface area contributed by atoms with E-state index in [1.54, 1.807) is 91.3 Å². The van der Waals surface area contributed by atoms with Crippen molar-refractivity contribution in [1.29, 1.82) is 0 Å². The first kappa shape index (κ1) is 58.2. The van der Waals surface area contributed by atoms with Gasteiger partial charge in [-0.1, -0.05) is 49.4 Å². The van der Waals surface area contributed by atoms with E-state index in [1.165, 1.54) is 43.7 Å². The van der Waals surface area contributed by atoms with Crippen LogP contribution in [0.3, 0.4) is 0 Å². The van der Waals surface area contributed by atoms with E-state index >= 15 is 4.79 Å². The summed E-state index contributed by atoms with van der Waals surface area (Å²) >= 11 is 6.80. The molecule has 7 atom stereocenters. The summed E-state index contributed by atoms with van der Waals surface area (Å²) in [4.78, 5) is 130. The zero-order chi connectivity index (χ0) is 59.8. The molecule has 9 heterocycles. The first-order valence-corrected chi connectivity index (χ1v) is 31.0. The van der Waals surface area contributed by atoms with Crippen molar-refractivity contribution in [1.82, 2.24) is 55.7 Å². The van der Waals surface area contributed by atoms with Crippen LogP contribution in [0.4, 0.5) is 0 Å². The molecule has 10 N–H and O–H groups in total. The van der Waals surface area contributed by atoms with E-state index in [9.17, 15) is 44.1 Å². The standard InChI is InChI=1S/C55H47N13O11S6/c1-23-37(69)16-68-43(23)54-65-36(22-84-54)51-61-32(18-81-51)41-28(12-13-29(58-41)50-62-33(19-82-50)45(57)74)49-63-34(20-80-49)46(75)59-30(15-38(56)70)52-67-40(24(2)85-52)48(77)66-42(44(73)26-6-4-3-5-7-26)53-64-35(21-83-53)47(76)60-31(55(68)78)14-25-8-10-27(11-9-25)79-17-39(71)72/h3-13,18-23,30-31,37,42-44,69,73H,14-17H2,1-2H3,(H2,56,70)(H2,57,74)(H,59,75)(H,60,76)(H,66,77)(H,71,72)/t23-,30-,31-,37-,42-,43-,44+/m0/s1. The number of nitrogens with one attached hydrogen (secondary N) is 3. The number of carbonyl (C=O) groups is 7. The molecule has 24 nitrogen and oxygen atoms in total. The van der Waals surface area contributed by atoms with E-state index in [2.05, 4.69) is 30.9 Å². The fraction of sp³-hybridized carbons (Fsp3) is 0.236. The molecule has 434 valence electrons. The topological polar surface area (TPSA) is 371 Å². The second kappa shape index (κ2) is 24.5. The third kappa shape index (κ3) is 12.5. The number of thiazole rings is 6. The Morgan fingerprint density at radius 3 is 2.06 bits per heavy atom. The van der Waals surface area contributed by atoms with Crippen LogP contribution in [0.15, 0.2) is 93.6 Å². The van der Waals surface area contributed by atoms with Gasteiger partial charge < -0.3 is 52.4 Å². The Labute approximate surface area is 505 Å². The molecule has 0 aliphatic carbocycles. The normalized spacial score (nSPS) is 19.5. The molecule has 0 spiro atoms. The number of amides is 6. The molecule has 30 heteroatoms. The van der Waals surface area contributed by atoms with Crippen LogP contribution in [0.2, 0.25) is 0 Å².